The van der Waals surface area contributed by atoms with Gasteiger partial charge in [-0.05, 0) is 25.0 Å². The van der Waals surface area contributed by atoms with Crippen LogP contribution in [0.15, 0.2) is 17.1 Å². The summed E-state index contributed by atoms with van der Waals surface area (Å²) in [6.07, 6.45) is 2.14. The van der Waals surface area contributed by atoms with Gasteiger partial charge in [-0.25, -0.2) is 9.79 Å². The van der Waals surface area contributed by atoms with E-state index in [0.29, 0.717) is 37.2 Å². The Kier molecular flexibility index (Phi) is 4.76. The Morgan fingerprint density at radius 1 is 1.43 bits per heavy atom. The molecule has 23 heavy (non-hydrogen) atoms. The van der Waals surface area contributed by atoms with Crippen molar-refractivity contribution < 1.29 is 14.3 Å². The molecule has 3 rings (SSSR count). The summed E-state index contributed by atoms with van der Waals surface area (Å²) in [4.78, 5) is 22.9. The summed E-state index contributed by atoms with van der Waals surface area (Å²) in [5, 5.41) is 0. The number of ether oxygens (including phenoxy) is 2. The number of guanidine groups is 1. The molecular weight excluding hydrogens is 296 g/mol. The highest BCUT2D eigenvalue weighted by atomic mass is 16.5. The van der Waals surface area contributed by atoms with Gasteiger partial charge >= 0.3 is 5.97 Å². The quantitative estimate of drug-likeness (QED) is 0.504. The van der Waals surface area contributed by atoms with E-state index in [4.69, 9.17) is 15.2 Å². The number of nitrogens with zero attached hydrogens (tertiary/aromatic N) is 3. The second-order valence-electron chi connectivity index (χ2n) is 5.78. The first kappa shape index (κ1) is 15.7. The molecule has 1 aromatic rings. The van der Waals surface area contributed by atoms with Crippen LogP contribution in [-0.4, -0.2) is 55.2 Å². The zero-order chi connectivity index (χ0) is 16.2. The summed E-state index contributed by atoms with van der Waals surface area (Å²) in [6.45, 7) is 3.28. The fourth-order valence-electron chi connectivity index (χ4n) is 2.61. The van der Waals surface area contributed by atoms with Gasteiger partial charge in [-0.3, -0.25) is 4.98 Å². The van der Waals surface area contributed by atoms with Crippen molar-refractivity contribution in [1.29, 1.82) is 0 Å². The molecular formula is C16H22N4O3. The van der Waals surface area contributed by atoms with E-state index in [2.05, 4.69) is 9.98 Å². The van der Waals surface area contributed by atoms with Crippen LogP contribution >= 0.6 is 0 Å². The number of pyridine rings is 1. The second kappa shape index (κ2) is 6.95. The summed E-state index contributed by atoms with van der Waals surface area (Å²) in [7, 11) is 1.39. The number of nitrogens with two attached hydrogens (primary N) is 1. The molecule has 0 unspecified atom stereocenters. The number of aliphatic imine (C=N–C) groups is 1. The van der Waals surface area contributed by atoms with Crippen LogP contribution in [0.3, 0.4) is 0 Å². The normalized spacial score (nSPS) is 18.8. The Hall–Kier alpha value is -2.15. The topological polar surface area (TPSA) is 90.0 Å². The minimum atomic E-state index is -0.331. The maximum atomic E-state index is 11.8. The zero-order valence-electron chi connectivity index (χ0n) is 13.3. The number of rotatable bonds is 4. The third-order valence-electron chi connectivity index (χ3n) is 4.09. The molecule has 0 aromatic carbocycles. The standard InChI is InChI=1S/C16H22N4O3/c1-22-15(21)13-5-4-12(19-14(13)11-2-3-11)10-18-16(17)20-6-8-23-9-7-20/h4-5,11H,2-3,6-10H2,1H3,(H2,17,18). The van der Waals surface area contributed by atoms with E-state index in [1.165, 1.54) is 7.11 Å². The minimum Gasteiger partial charge on any atom is -0.465 e. The van der Waals surface area contributed by atoms with Gasteiger partial charge in [0.2, 0.25) is 0 Å². The van der Waals surface area contributed by atoms with Gasteiger partial charge in [-0.15, -0.1) is 0 Å². The molecule has 2 aliphatic rings. The van der Waals surface area contributed by atoms with E-state index in [0.717, 1.165) is 37.3 Å². The summed E-state index contributed by atoms with van der Waals surface area (Å²) < 4.78 is 10.1. The number of esters is 1. The lowest BCUT2D eigenvalue weighted by Gasteiger charge is -2.27. The minimum absolute atomic E-state index is 0.331. The van der Waals surface area contributed by atoms with Crippen molar-refractivity contribution in [2.24, 2.45) is 10.7 Å². The first-order chi connectivity index (χ1) is 11.2. The Morgan fingerprint density at radius 3 is 2.83 bits per heavy atom. The highest BCUT2D eigenvalue weighted by molar-refractivity contribution is 5.90. The van der Waals surface area contributed by atoms with Crippen LogP contribution in [0.25, 0.3) is 0 Å². The maximum absolute atomic E-state index is 11.8. The van der Waals surface area contributed by atoms with Crippen LogP contribution < -0.4 is 5.73 Å². The fourth-order valence-corrected chi connectivity index (χ4v) is 2.61. The third-order valence-corrected chi connectivity index (χ3v) is 4.09. The van der Waals surface area contributed by atoms with Crippen molar-refractivity contribution in [2.45, 2.75) is 25.3 Å². The fraction of sp³-hybridized carbons (Fsp3) is 0.562. The second-order valence-corrected chi connectivity index (χ2v) is 5.78. The predicted octanol–water partition coefficient (Wildman–Crippen LogP) is 0.892. The predicted molar refractivity (Wildman–Crippen MR) is 85.3 cm³/mol. The van der Waals surface area contributed by atoms with Gasteiger partial charge in [-0.1, -0.05) is 0 Å². The lowest BCUT2D eigenvalue weighted by Crippen LogP contribution is -2.44. The van der Waals surface area contributed by atoms with Crippen LogP contribution in [0, 0.1) is 0 Å². The van der Waals surface area contributed by atoms with Crippen molar-refractivity contribution in [3.63, 3.8) is 0 Å². The molecule has 0 bridgehead atoms. The summed E-state index contributed by atoms with van der Waals surface area (Å²) >= 11 is 0. The molecule has 124 valence electrons. The van der Waals surface area contributed by atoms with Crippen molar-refractivity contribution in [1.82, 2.24) is 9.88 Å². The molecule has 0 radical (unpaired) electrons. The lowest BCUT2D eigenvalue weighted by molar-refractivity contribution is 0.0598. The molecule has 7 nitrogen and oxygen atoms in total. The van der Waals surface area contributed by atoms with Crippen molar-refractivity contribution in [2.75, 3.05) is 33.4 Å². The number of methoxy groups -OCH3 is 1. The Morgan fingerprint density at radius 2 is 2.17 bits per heavy atom. The highest BCUT2D eigenvalue weighted by Gasteiger charge is 2.30. The molecule has 0 atom stereocenters. The first-order valence-electron chi connectivity index (χ1n) is 7.90. The molecule has 0 amide bonds. The van der Waals surface area contributed by atoms with Gasteiger partial charge in [0.05, 0.1) is 43.8 Å². The van der Waals surface area contributed by atoms with E-state index in [-0.39, 0.29) is 5.97 Å². The van der Waals surface area contributed by atoms with E-state index in [1.54, 1.807) is 6.07 Å². The van der Waals surface area contributed by atoms with E-state index in [9.17, 15) is 4.79 Å². The van der Waals surface area contributed by atoms with Crippen LogP contribution in [0.4, 0.5) is 0 Å². The van der Waals surface area contributed by atoms with Gasteiger partial charge in [0.25, 0.3) is 0 Å². The molecule has 2 N–H and O–H groups in total. The largest absolute Gasteiger partial charge is 0.465 e. The third kappa shape index (κ3) is 3.79. The molecule has 1 aliphatic carbocycles. The Balaban J connectivity index is 1.72. The van der Waals surface area contributed by atoms with Gasteiger partial charge in [0.1, 0.15) is 0 Å². The molecule has 1 saturated carbocycles. The summed E-state index contributed by atoms with van der Waals surface area (Å²) in [5.74, 6) is 0.548. The SMILES string of the molecule is COC(=O)c1ccc(CN=C(N)N2CCOCC2)nc1C1CC1. The van der Waals surface area contributed by atoms with Gasteiger partial charge in [0, 0.05) is 19.0 Å². The maximum Gasteiger partial charge on any atom is 0.339 e. The molecule has 1 saturated heterocycles. The van der Waals surface area contributed by atoms with Crippen molar-refractivity contribution in [3.05, 3.63) is 29.1 Å². The molecule has 7 heteroatoms. The number of morpholine rings is 1. The van der Waals surface area contributed by atoms with Crippen molar-refractivity contribution >= 4 is 11.9 Å². The summed E-state index contributed by atoms with van der Waals surface area (Å²) in [6, 6.07) is 3.59. The first-order valence-corrected chi connectivity index (χ1v) is 7.90. The smallest absolute Gasteiger partial charge is 0.339 e. The monoisotopic (exact) mass is 318 g/mol. The zero-order valence-corrected chi connectivity index (χ0v) is 13.3. The highest BCUT2D eigenvalue weighted by Crippen LogP contribution is 2.40. The van der Waals surface area contributed by atoms with E-state index in [1.807, 2.05) is 11.0 Å². The Labute approximate surface area is 135 Å². The molecule has 2 fully saturated rings. The van der Waals surface area contributed by atoms with Gasteiger partial charge in [0.15, 0.2) is 5.96 Å². The molecule has 1 aromatic heterocycles. The average molecular weight is 318 g/mol. The van der Waals surface area contributed by atoms with Crippen LogP contribution in [0.1, 0.15) is 40.5 Å². The average Bonchev–Trinajstić information content (AvgIpc) is 3.44. The van der Waals surface area contributed by atoms with E-state index < -0.39 is 0 Å². The molecule has 2 heterocycles. The lowest BCUT2D eigenvalue weighted by atomic mass is 10.1. The van der Waals surface area contributed by atoms with Gasteiger partial charge in [-0.2, -0.15) is 0 Å². The number of hydrogen-bond donors (Lipinski definition) is 1. The van der Waals surface area contributed by atoms with Crippen LogP contribution in [0.2, 0.25) is 0 Å². The number of carbonyl (C=O) groups is 1. The van der Waals surface area contributed by atoms with Crippen LogP contribution in [-0.2, 0) is 16.0 Å². The number of aromatic nitrogens is 1. The summed E-state index contributed by atoms with van der Waals surface area (Å²) in [5.41, 5.74) is 8.23. The molecule has 0 spiro atoms. The number of carbonyl (C=O) groups excluding carboxylic acids is 1. The Bertz CT molecular complexity index is 607. The number of hydrogen-bond acceptors (Lipinski definition) is 5. The van der Waals surface area contributed by atoms with Crippen LogP contribution in [0.5, 0.6) is 0 Å². The van der Waals surface area contributed by atoms with Gasteiger partial charge < -0.3 is 20.1 Å². The molecule has 1 aliphatic heterocycles. The van der Waals surface area contributed by atoms with E-state index >= 15 is 0 Å². The van der Waals surface area contributed by atoms with Crippen molar-refractivity contribution in [3.8, 4) is 0 Å².